The van der Waals surface area contributed by atoms with Crippen LogP contribution in [0.15, 0.2) is 64.3 Å². The molecule has 3 heterocycles. The lowest BCUT2D eigenvalue weighted by molar-refractivity contribution is 0.653. The van der Waals surface area contributed by atoms with Crippen LogP contribution in [0.25, 0.3) is 17.0 Å². The van der Waals surface area contributed by atoms with E-state index < -0.39 is 0 Å². The molecule has 6 nitrogen and oxygen atoms in total. The Morgan fingerprint density at radius 1 is 1.07 bits per heavy atom. The minimum Gasteiger partial charge on any atom is -0.337 e. The molecular weight excluding hydrogens is 430 g/mol. The van der Waals surface area contributed by atoms with E-state index in [1.54, 1.807) is 18.3 Å². The van der Waals surface area contributed by atoms with Gasteiger partial charge in [0.2, 0.25) is 5.95 Å². The molecule has 1 fully saturated rings. The highest BCUT2D eigenvalue weighted by molar-refractivity contribution is 9.10. The highest BCUT2D eigenvalue weighted by Crippen LogP contribution is 2.37. The molecule has 0 saturated heterocycles. The number of hydrogen-bond donors (Lipinski definition) is 0. The van der Waals surface area contributed by atoms with Crippen LogP contribution in [0.3, 0.4) is 0 Å². The van der Waals surface area contributed by atoms with Crippen LogP contribution in [-0.2, 0) is 0 Å². The predicted molar refractivity (Wildman–Crippen MR) is 117 cm³/mol. The number of aromatic nitrogens is 4. The number of rotatable bonds is 4. The molecule has 7 heteroatoms. The van der Waals surface area contributed by atoms with E-state index in [1.165, 1.54) is 17.5 Å². The average Bonchev–Trinajstić information content (AvgIpc) is 3.59. The van der Waals surface area contributed by atoms with Gasteiger partial charge in [0, 0.05) is 35.9 Å². The Labute approximate surface area is 177 Å². The second kappa shape index (κ2) is 7.55. The van der Waals surface area contributed by atoms with Crippen molar-refractivity contribution in [3.05, 3.63) is 75.4 Å². The number of nitrogens with zero attached hydrogens (tertiary/aromatic N) is 5. The van der Waals surface area contributed by atoms with Gasteiger partial charge in [0.15, 0.2) is 0 Å². The van der Waals surface area contributed by atoms with Gasteiger partial charge in [-0.15, -0.1) is 0 Å². The van der Waals surface area contributed by atoms with Gasteiger partial charge in [-0.1, -0.05) is 34.1 Å². The molecule has 0 N–H and O–H groups in total. The van der Waals surface area contributed by atoms with Crippen LogP contribution in [0.4, 0.5) is 5.95 Å². The Kier molecular flexibility index (Phi) is 4.75. The maximum absolute atomic E-state index is 13.0. The number of anilines is 1. The molecule has 5 rings (SSSR count). The molecule has 1 saturated carbocycles. The molecule has 0 bridgehead atoms. The summed E-state index contributed by atoms with van der Waals surface area (Å²) in [5, 5.41) is 0. The number of halogens is 1. The third kappa shape index (κ3) is 3.74. The molecule has 0 unspecified atom stereocenters. The largest absolute Gasteiger partial charge is 0.337 e. The monoisotopic (exact) mass is 449 g/mol. The average molecular weight is 450 g/mol. The highest BCUT2D eigenvalue weighted by atomic mass is 79.9. The van der Waals surface area contributed by atoms with Gasteiger partial charge in [0.1, 0.15) is 6.33 Å². The van der Waals surface area contributed by atoms with Gasteiger partial charge in [-0.05, 0) is 48.6 Å². The molecule has 3 aromatic rings. The fourth-order valence-electron chi connectivity index (χ4n) is 3.74. The van der Waals surface area contributed by atoms with Gasteiger partial charge in [-0.25, -0.2) is 15.0 Å². The summed E-state index contributed by atoms with van der Waals surface area (Å²) in [7, 11) is 0. The van der Waals surface area contributed by atoms with Crippen LogP contribution in [0.2, 0.25) is 0 Å². The van der Waals surface area contributed by atoms with Gasteiger partial charge in [0.05, 0.1) is 11.4 Å². The topological polar surface area (TPSA) is 63.9 Å². The van der Waals surface area contributed by atoms with E-state index in [2.05, 4.69) is 61.1 Å². The minimum atomic E-state index is -0.00847. The summed E-state index contributed by atoms with van der Waals surface area (Å²) >= 11 is 3.50. The van der Waals surface area contributed by atoms with Gasteiger partial charge >= 0.3 is 0 Å². The molecule has 0 amide bonds. The van der Waals surface area contributed by atoms with E-state index in [9.17, 15) is 4.79 Å². The van der Waals surface area contributed by atoms with Crippen molar-refractivity contribution < 1.29 is 0 Å². The van der Waals surface area contributed by atoms with Crippen molar-refractivity contribution in [2.24, 2.45) is 0 Å². The molecule has 0 radical (unpaired) electrons. The minimum absolute atomic E-state index is 0.00847. The fraction of sp³-hybridized carbons (Fsp3) is 0.273. The highest BCUT2D eigenvalue weighted by Gasteiger charge is 2.30. The van der Waals surface area contributed by atoms with E-state index in [0.717, 1.165) is 42.8 Å². The Morgan fingerprint density at radius 2 is 1.90 bits per heavy atom. The molecule has 1 aliphatic carbocycles. The van der Waals surface area contributed by atoms with E-state index >= 15 is 0 Å². The van der Waals surface area contributed by atoms with Gasteiger partial charge in [0.25, 0.3) is 5.56 Å². The molecule has 2 aromatic heterocycles. The predicted octanol–water partition coefficient (Wildman–Crippen LogP) is 4.09. The van der Waals surface area contributed by atoms with Gasteiger partial charge in [-0.3, -0.25) is 9.36 Å². The van der Waals surface area contributed by atoms with Crippen molar-refractivity contribution in [2.75, 3.05) is 18.0 Å². The van der Waals surface area contributed by atoms with Crippen molar-refractivity contribution in [1.82, 2.24) is 19.5 Å². The van der Waals surface area contributed by atoms with Crippen LogP contribution in [0.1, 0.15) is 30.9 Å². The first kappa shape index (κ1) is 18.2. The van der Waals surface area contributed by atoms with Crippen LogP contribution in [0, 0.1) is 0 Å². The first-order chi connectivity index (χ1) is 14.2. The van der Waals surface area contributed by atoms with Crippen molar-refractivity contribution in [1.29, 1.82) is 0 Å². The zero-order chi connectivity index (χ0) is 19.8. The molecule has 0 atom stereocenters. The van der Waals surface area contributed by atoms with E-state index in [-0.39, 0.29) is 11.6 Å². The quantitative estimate of drug-likeness (QED) is 0.599. The second-order valence-electron chi connectivity index (χ2n) is 7.42. The summed E-state index contributed by atoms with van der Waals surface area (Å²) in [6.45, 7) is 1.57. The summed E-state index contributed by atoms with van der Waals surface area (Å²) in [4.78, 5) is 28.3. The Morgan fingerprint density at radius 3 is 2.62 bits per heavy atom. The normalized spacial score (nSPS) is 16.6. The molecule has 146 valence electrons. The van der Waals surface area contributed by atoms with Gasteiger partial charge < -0.3 is 4.90 Å². The number of hydrogen-bond acceptors (Lipinski definition) is 5. The van der Waals surface area contributed by atoms with E-state index in [4.69, 9.17) is 4.98 Å². The lowest BCUT2D eigenvalue weighted by atomic mass is 10.0. The zero-order valence-corrected chi connectivity index (χ0v) is 17.4. The molecular formula is C22H20BrN5O. The second-order valence-corrected chi connectivity index (χ2v) is 8.34. The Balaban J connectivity index is 1.54. The number of benzene rings is 1. The van der Waals surface area contributed by atoms with Crippen molar-refractivity contribution >= 4 is 27.5 Å². The summed E-state index contributed by atoms with van der Waals surface area (Å²) in [6, 6.07) is 12.0. The van der Waals surface area contributed by atoms with E-state index in [0.29, 0.717) is 11.4 Å². The third-order valence-electron chi connectivity index (χ3n) is 5.34. The maximum Gasteiger partial charge on any atom is 0.255 e. The molecule has 1 aromatic carbocycles. The van der Waals surface area contributed by atoms with Crippen LogP contribution in [0.5, 0.6) is 0 Å². The third-order valence-corrected chi connectivity index (χ3v) is 5.87. The van der Waals surface area contributed by atoms with Crippen LogP contribution >= 0.6 is 15.9 Å². The zero-order valence-electron chi connectivity index (χ0n) is 15.8. The summed E-state index contributed by atoms with van der Waals surface area (Å²) < 4.78 is 2.94. The maximum atomic E-state index is 13.0. The van der Waals surface area contributed by atoms with Crippen molar-refractivity contribution in [3.8, 4) is 11.4 Å². The fourth-order valence-corrected chi connectivity index (χ4v) is 4.00. The summed E-state index contributed by atoms with van der Waals surface area (Å²) in [6.07, 6.45) is 8.43. The molecule has 0 spiro atoms. The molecule has 1 aliphatic heterocycles. The van der Waals surface area contributed by atoms with E-state index in [1.807, 2.05) is 4.57 Å². The summed E-state index contributed by atoms with van der Waals surface area (Å²) in [5.74, 6) is 0.747. The SMILES string of the molecule is O=c1cc(-c2ccncn2)nc(N2CCC=C(c3ccc(Br)cc3)C2)n1C1CC1. The molecule has 29 heavy (non-hydrogen) atoms. The van der Waals surface area contributed by atoms with Crippen molar-refractivity contribution in [3.63, 3.8) is 0 Å². The molecule has 2 aliphatic rings. The smallest absolute Gasteiger partial charge is 0.255 e. The lowest BCUT2D eigenvalue weighted by Gasteiger charge is -2.30. The first-order valence-corrected chi connectivity index (χ1v) is 10.6. The lowest BCUT2D eigenvalue weighted by Crippen LogP contribution is -2.36. The summed E-state index contributed by atoms with van der Waals surface area (Å²) in [5.41, 5.74) is 3.72. The van der Waals surface area contributed by atoms with Crippen LogP contribution < -0.4 is 10.5 Å². The standard InChI is InChI=1S/C22H20BrN5O/c23-17-5-3-15(4-6-17)16-2-1-11-27(13-16)22-26-20(19-9-10-24-14-25-19)12-21(29)28(22)18-7-8-18/h2-6,9-10,12,14,18H,1,7-8,11,13H2. The Bertz CT molecular complexity index is 1120. The Hall–Kier alpha value is -2.80. The first-order valence-electron chi connectivity index (χ1n) is 9.79. The van der Waals surface area contributed by atoms with Crippen molar-refractivity contribution in [2.45, 2.75) is 25.3 Å². The van der Waals surface area contributed by atoms with Gasteiger partial charge in [-0.2, -0.15) is 0 Å². The van der Waals surface area contributed by atoms with Crippen LogP contribution in [-0.4, -0.2) is 32.6 Å².